The van der Waals surface area contributed by atoms with Crippen LogP contribution in [0.2, 0.25) is 0 Å². The first kappa shape index (κ1) is 20.3. The third kappa shape index (κ3) is 4.53. The number of halogens is 1. The van der Waals surface area contributed by atoms with E-state index in [1.807, 2.05) is 36.5 Å². The molecule has 4 aromatic rings. The van der Waals surface area contributed by atoms with Crippen molar-refractivity contribution in [3.05, 3.63) is 103 Å². The van der Waals surface area contributed by atoms with Gasteiger partial charge in [-0.2, -0.15) is 0 Å². The minimum absolute atomic E-state index is 0.257. The fourth-order valence-electron chi connectivity index (χ4n) is 4.13. The van der Waals surface area contributed by atoms with Crippen LogP contribution in [-0.2, 0) is 6.54 Å². The molecule has 0 unspecified atom stereocenters. The predicted octanol–water partition coefficient (Wildman–Crippen LogP) is 5.27. The van der Waals surface area contributed by atoms with Gasteiger partial charge in [0.1, 0.15) is 11.6 Å². The molecule has 0 N–H and O–H groups in total. The highest BCUT2D eigenvalue weighted by molar-refractivity contribution is 5.78. The third-order valence-corrected chi connectivity index (χ3v) is 5.87. The molecule has 3 aromatic carbocycles. The zero-order valence-electron chi connectivity index (χ0n) is 17.9. The first-order valence-electron chi connectivity index (χ1n) is 11.0. The van der Waals surface area contributed by atoms with Crippen LogP contribution >= 0.6 is 0 Å². The zero-order valence-corrected chi connectivity index (χ0v) is 17.9. The van der Waals surface area contributed by atoms with Gasteiger partial charge in [0.05, 0.1) is 17.6 Å². The first-order chi connectivity index (χ1) is 15.8. The SMILES string of the molecule is Fc1ccc(-c2ncc(N3CCN(Cc4ccccc4)CC3)nc2-c2ccccc2)cc1. The lowest BCUT2D eigenvalue weighted by atomic mass is 10.0. The Balaban J connectivity index is 1.39. The van der Waals surface area contributed by atoms with Gasteiger partial charge in [-0.1, -0.05) is 60.7 Å². The molecule has 0 amide bonds. The highest BCUT2D eigenvalue weighted by atomic mass is 19.1. The minimum atomic E-state index is -0.257. The van der Waals surface area contributed by atoms with Crippen molar-refractivity contribution in [2.75, 3.05) is 31.1 Å². The first-order valence-corrected chi connectivity index (χ1v) is 11.0. The topological polar surface area (TPSA) is 32.3 Å². The van der Waals surface area contributed by atoms with Crippen LogP contribution in [0.5, 0.6) is 0 Å². The van der Waals surface area contributed by atoms with Crippen molar-refractivity contribution in [3.63, 3.8) is 0 Å². The van der Waals surface area contributed by atoms with E-state index in [1.165, 1.54) is 17.7 Å². The summed E-state index contributed by atoms with van der Waals surface area (Å²) in [4.78, 5) is 14.6. The summed E-state index contributed by atoms with van der Waals surface area (Å²) in [5.41, 5.74) is 4.79. The fourth-order valence-corrected chi connectivity index (χ4v) is 4.13. The van der Waals surface area contributed by atoms with Gasteiger partial charge >= 0.3 is 0 Å². The van der Waals surface area contributed by atoms with Crippen molar-refractivity contribution in [2.24, 2.45) is 0 Å². The average molecular weight is 425 g/mol. The number of rotatable bonds is 5. The standard InChI is InChI=1S/C27H25FN4/c28-24-13-11-23(12-14-24)26-27(22-9-5-2-6-10-22)30-25(19-29-26)32-17-15-31(16-18-32)20-21-7-3-1-4-8-21/h1-14,19H,15-18,20H2. The molecule has 5 heteroatoms. The monoisotopic (exact) mass is 424 g/mol. The predicted molar refractivity (Wildman–Crippen MR) is 127 cm³/mol. The van der Waals surface area contributed by atoms with E-state index in [2.05, 4.69) is 40.1 Å². The van der Waals surface area contributed by atoms with Crippen molar-refractivity contribution in [1.82, 2.24) is 14.9 Å². The highest BCUT2D eigenvalue weighted by Crippen LogP contribution is 2.31. The molecular weight excluding hydrogens is 399 g/mol. The van der Waals surface area contributed by atoms with Crippen LogP contribution in [0.15, 0.2) is 91.1 Å². The molecule has 0 aliphatic carbocycles. The number of nitrogens with zero attached hydrogens (tertiary/aromatic N) is 4. The maximum Gasteiger partial charge on any atom is 0.147 e. The molecule has 2 heterocycles. The Hall–Kier alpha value is -3.57. The Morgan fingerprint density at radius 2 is 1.31 bits per heavy atom. The van der Waals surface area contributed by atoms with Crippen LogP contribution in [0.4, 0.5) is 10.2 Å². The van der Waals surface area contributed by atoms with Gasteiger partial charge in [-0.25, -0.2) is 9.37 Å². The van der Waals surface area contributed by atoms with Crippen LogP contribution < -0.4 is 4.90 Å². The number of piperazine rings is 1. The van der Waals surface area contributed by atoms with Gasteiger partial charge in [-0.3, -0.25) is 9.88 Å². The Bertz CT molecular complexity index is 1160. The summed E-state index contributed by atoms with van der Waals surface area (Å²) in [5.74, 6) is 0.627. The Morgan fingerprint density at radius 3 is 2.00 bits per heavy atom. The summed E-state index contributed by atoms with van der Waals surface area (Å²) in [5, 5.41) is 0. The lowest BCUT2D eigenvalue weighted by Gasteiger charge is -2.35. The maximum atomic E-state index is 13.5. The summed E-state index contributed by atoms with van der Waals surface area (Å²) >= 11 is 0. The van der Waals surface area contributed by atoms with Crippen molar-refractivity contribution < 1.29 is 4.39 Å². The van der Waals surface area contributed by atoms with Gasteiger partial charge in [0.2, 0.25) is 0 Å². The number of anilines is 1. The second kappa shape index (κ2) is 9.28. The normalized spacial score (nSPS) is 14.5. The number of aromatic nitrogens is 2. The summed E-state index contributed by atoms with van der Waals surface area (Å²) < 4.78 is 13.5. The van der Waals surface area contributed by atoms with Crippen LogP contribution in [0.3, 0.4) is 0 Å². The van der Waals surface area contributed by atoms with E-state index in [0.29, 0.717) is 0 Å². The molecule has 32 heavy (non-hydrogen) atoms. The van der Waals surface area contributed by atoms with Gasteiger partial charge in [0.25, 0.3) is 0 Å². The molecule has 0 bridgehead atoms. The summed E-state index contributed by atoms with van der Waals surface area (Å²) in [6.45, 7) is 4.75. The van der Waals surface area contributed by atoms with Crippen molar-refractivity contribution in [1.29, 1.82) is 0 Å². The van der Waals surface area contributed by atoms with Crippen LogP contribution in [0.1, 0.15) is 5.56 Å². The average Bonchev–Trinajstić information content (AvgIpc) is 2.86. The van der Waals surface area contributed by atoms with Gasteiger partial charge in [0.15, 0.2) is 0 Å². The lowest BCUT2D eigenvalue weighted by Crippen LogP contribution is -2.46. The molecule has 0 atom stereocenters. The quantitative estimate of drug-likeness (QED) is 0.437. The molecule has 1 fully saturated rings. The van der Waals surface area contributed by atoms with E-state index < -0.39 is 0 Å². The Kier molecular flexibility index (Phi) is 5.90. The van der Waals surface area contributed by atoms with E-state index in [-0.39, 0.29) is 5.82 Å². The van der Waals surface area contributed by atoms with E-state index in [0.717, 1.165) is 61.1 Å². The largest absolute Gasteiger partial charge is 0.353 e. The van der Waals surface area contributed by atoms with Crippen LogP contribution in [0.25, 0.3) is 22.5 Å². The number of hydrogen-bond acceptors (Lipinski definition) is 4. The Labute approximate surface area is 188 Å². The lowest BCUT2D eigenvalue weighted by molar-refractivity contribution is 0.249. The summed E-state index contributed by atoms with van der Waals surface area (Å²) in [7, 11) is 0. The molecule has 1 saturated heterocycles. The van der Waals surface area contributed by atoms with E-state index >= 15 is 0 Å². The van der Waals surface area contributed by atoms with E-state index in [1.54, 1.807) is 12.1 Å². The summed E-state index contributed by atoms with van der Waals surface area (Å²) in [6.07, 6.45) is 1.85. The molecule has 5 rings (SSSR count). The van der Waals surface area contributed by atoms with Gasteiger partial charge in [0, 0.05) is 43.9 Å². The molecule has 1 aliphatic rings. The molecular formula is C27H25FN4. The molecule has 0 radical (unpaired) electrons. The minimum Gasteiger partial charge on any atom is -0.353 e. The van der Waals surface area contributed by atoms with Gasteiger partial charge < -0.3 is 4.90 Å². The molecule has 0 saturated carbocycles. The van der Waals surface area contributed by atoms with E-state index in [9.17, 15) is 4.39 Å². The second-order valence-electron chi connectivity index (χ2n) is 8.05. The third-order valence-electron chi connectivity index (χ3n) is 5.87. The van der Waals surface area contributed by atoms with E-state index in [4.69, 9.17) is 9.97 Å². The van der Waals surface area contributed by atoms with Crippen molar-refractivity contribution in [3.8, 4) is 22.5 Å². The molecule has 4 nitrogen and oxygen atoms in total. The Morgan fingerprint density at radius 1 is 0.688 bits per heavy atom. The number of hydrogen-bond donors (Lipinski definition) is 0. The zero-order chi connectivity index (χ0) is 21.8. The number of benzene rings is 3. The van der Waals surface area contributed by atoms with Gasteiger partial charge in [-0.15, -0.1) is 0 Å². The molecule has 1 aromatic heterocycles. The van der Waals surface area contributed by atoms with Gasteiger partial charge in [-0.05, 0) is 29.8 Å². The fraction of sp³-hybridized carbons (Fsp3) is 0.185. The van der Waals surface area contributed by atoms with Crippen molar-refractivity contribution in [2.45, 2.75) is 6.54 Å². The summed E-state index contributed by atoms with van der Waals surface area (Å²) in [6, 6.07) is 27.1. The van der Waals surface area contributed by atoms with Crippen LogP contribution in [0, 0.1) is 5.82 Å². The highest BCUT2D eigenvalue weighted by Gasteiger charge is 2.20. The molecule has 1 aliphatic heterocycles. The molecule has 0 spiro atoms. The maximum absolute atomic E-state index is 13.5. The van der Waals surface area contributed by atoms with Crippen molar-refractivity contribution >= 4 is 5.82 Å². The second-order valence-corrected chi connectivity index (χ2v) is 8.05. The van der Waals surface area contributed by atoms with Crippen LogP contribution in [-0.4, -0.2) is 41.0 Å². The smallest absolute Gasteiger partial charge is 0.147 e. The molecule has 160 valence electrons.